The van der Waals surface area contributed by atoms with Gasteiger partial charge in [-0.05, 0) is 19.8 Å². The van der Waals surface area contributed by atoms with E-state index in [1.807, 2.05) is 0 Å². The minimum Gasteiger partial charge on any atom is -0.480 e. The number of carboxylic acid groups (broad SMARTS) is 1. The number of thiol groups is 2. The van der Waals surface area contributed by atoms with Crippen LogP contribution < -0.4 is 16.4 Å². The van der Waals surface area contributed by atoms with Crippen LogP contribution in [0.2, 0.25) is 0 Å². The van der Waals surface area contributed by atoms with E-state index >= 15 is 0 Å². The smallest absolute Gasteiger partial charge is 0.326 e. The van der Waals surface area contributed by atoms with Crippen molar-refractivity contribution >= 4 is 48.9 Å². The number of nitrogens with two attached hydrogens (primary N) is 1. The molecule has 5 N–H and O–H groups in total. The topological polar surface area (TPSA) is 142 Å². The van der Waals surface area contributed by atoms with E-state index in [9.17, 15) is 19.2 Å². The molecule has 0 spiro atoms. The SMILES string of the molecule is CC(NC(=O)C(N)CS)C(=O)NC(CS)C(=O)N1CCCC1C(=O)O. The van der Waals surface area contributed by atoms with Crippen molar-refractivity contribution < 1.29 is 24.3 Å². The molecule has 1 aliphatic heterocycles. The first-order chi connectivity index (χ1) is 11.7. The van der Waals surface area contributed by atoms with Gasteiger partial charge in [0.1, 0.15) is 18.1 Å². The van der Waals surface area contributed by atoms with Crippen molar-refractivity contribution in [2.24, 2.45) is 5.73 Å². The minimum atomic E-state index is -1.07. The van der Waals surface area contributed by atoms with Crippen molar-refractivity contribution in [1.29, 1.82) is 0 Å². The fourth-order valence-corrected chi connectivity index (χ4v) is 2.85. The number of hydrogen-bond acceptors (Lipinski definition) is 7. The molecule has 0 aromatic heterocycles. The fourth-order valence-electron chi connectivity index (χ4n) is 2.44. The Balaban J connectivity index is 2.68. The Morgan fingerprint density at radius 1 is 1.20 bits per heavy atom. The van der Waals surface area contributed by atoms with Crippen LogP contribution in [0.5, 0.6) is 0 Å². The molecule has 1 heterocycles. The summed E-state index contributed by atoms with van der Waals surface area (Å²) in [5.41, 5.74) is 5.52. The molecular formula is C14H24N4O5S2. The maximum Gasteiger partial charge on any atom is 0.326 e. The lowest BCUT2D eigenvalue weighted by molar-refractivity contribution is -0.149. The van der Waals surface area contributed by atoms with Crippen LogP contribution in [0.25, 0.3) is 0 Å². The average molecular weight is 393 g/mol. The third-order valence-electron chi connectivity index (χ3n) is 3.90. The van der Waals surface area contributed by atoms with E-state index < -0.39 is 47.9 Å². The summed E-state index contributed by atoms with van der Waals surface area (Å²) in [5.74, 6) is -2.56. The number of aliphatic carboxylic acids is 1. The molecule has 0 aliphatic carbocycles. The number of nitrogens with one attached hydrogen (secondary N) is 2. The van der Waals surface area contributed by atoms with E-state index in [0.29, 0.717) is 19.4 Å². The zero-order valence-electron chi connectivity index (χ0n) is 13.8. The maximum atomic E-state index is 12.5. The molecule has 1 saturated heterocycles. The largest absolute Gasteiger partial charge is 0.480 e. The number of hydrogen-bond donors (Lipinski definition) is 6. The van der Waals surface area contributed by atoms with Crippen LogP contribution in [0.4, 0.5) is 0 Å². The Morgan fingerprint density at radius 2 is 1.84 bits per heavy atom. The highest BCUT2D eigenvalue weighted by molar-refractivity contribution is 7.80. The Morgan fingerprint density at radius 3 is 2.36 bits per heavy atom. The lowest BCUT2D eigenvalue weighted by Gasteiger charge is -2.27. The normalized spacial score (nSPS) is 20.5. The first-order valence-electron chi connectivity index (χ1n) is 7.84. The van der Waals surface area contributed by atoms with Gasteiger partial charge in [-0.3, -0.25) is 14.4 Å². The molecule has 0 aromatic carbocycles. The van der Waals surface area contributed by atoms with Crippen LogP contribution in [0.15, 0.2) is 0 Å². The molecule has 1 rings (SSSR count). The van der Waals surface area contributed by atoms with Crippen molar-refractivity contribution in [2.75, 3.05) is 18.1 Å². The van der Waals surface area contributed by atoms with Gasteiger partial charge in [-0.15, -0.1) is 0 Å². The second-order valence-electron chi connectivity index (χ2n) is 5.79. The highest BCUT2D eigenvalue weighted by Gasteiger charge is 2.37. The predicted octanol–water partition coefficient (Wildman–Crippen LogP) is -1.76. The zero-order chi connectivity index (χ0) is 19.1. The number of nitrogens with zero attached hydrogens (tertiary/aromatic N) is 1. The van der Waals surface area contributed by atoms with E-state index in [0.717, 1.165) is 0 Å². The number of carboxylic acids is 1. The molecule has 4 unspecified atom stereocenters. The summed E-state index contributed by atoms with van der Waals surface area (Å²) in [6.45, 7) is 1.77. The average Bonchev–Trinajstić information content (AvgIpc) is 3.07. The highest BCUT2D eigenvalue weighted by atomic mass is 32.1. The molecule has 1 fully saturated rings. The quantitative estimate of drug-likeness (QED) is 0.270. The fraction of sp³-hybridized carbons (Fsp3) is 0.714. The van der Waals surface area contributed by atoms with Crippen molar-refractivity contribution in [3.8, 4) is 0 Å². The summed E-state index contributed by atoms with van der Waals surface area (Å²) in [5, 5.41) is 14.1. The maximum absolute atomic E-state index is 12.5. The van der Waals surface area contributed by atoms with E-state index in [-0.39, 0.29) is 11.5 Å². The second kappa shape index (κ2) is 9.88. The molecule has 4 atom stereocenters. The van der Waals surface area contributed by atoms with Crippen molar-refractivity contribution in [3.63, 3.8) is 0 Å². The standard InChI is InChI=1S/C14H24N4O5S2/c1-7(16-12(20)8(15)5-24)11(19)17-9(6-25)13(21)18-4-2-3-10(18)14(22)23/h7-10,24-25H,2-6,15H2,1H3,(H,16,20)(H,17,19)(H,22,23). The predicted molar refractivity (Wildman–Crippen MR) is 97.6 cm³/mol. The molecule has 0 radical (unpaired) electrons. The number of carbonyl (C=O) groups excluding carboxylic acids is 3. The summed E-state index contributed by atoms with van der Waals surface area (Å²) >= 11 is 7.97. The Kier molecular flexibility index (Phi) is 8.53. The minimum absolute atomic E-state index is 0.00420. The molecule has 0 bridgehead atoms. The summed E-state index contributed by atoms with van der Waals surface area (Å²) in [6, 6.07) is -3.63. The lowest BCUT2D eigenvalue weighted by Crippen LogP contribution is -2.57. The number of carbonyl (C=O) groups is 4. The Hall–Kier alpha value is -1.46. The summed E-state index contributed by atoms with van der Waals surface area (Å²) < 4.78 is 0. The van der Waals surface area contributed by atoms with Gasteiger partial charge in [0, 0.05) is 18.1 Å². The van der Waals surface area contributed by atoms with Gasteiger partial charge in [0.05, 0.1) is 6.04 Å². The Bertz CT molecular complexity index is 533. The lowest BCUT2D eigenvalue weighted by atomic mass is 10.2. The Labute approximate surface area is 156 Å². The van der Waals surface area contributed by atoms with Crippen LogP contribution in [-0.4, -0.2) is 75.9 Å². The molecule has 142 valence electrons. The molecular weight excluding hydrogens is 368 g/mol. The molecule has 25 heavy (non-hydrogen) atoms. The van der Waals surface area contributed by atoms with Crippen LogP contribution >= 0.6 is 25.3 Å². The summed E-state index contributed by atoms with van der Waals surface area (Å²) in [6.07, 6.45) is 0.965. The number of rotatable bonds is 8. The highest BCUT2D eigenvalue weighted by Crippen LogP contribution is 2.18. The molecule has 0 saturated carbocycles. The van der Waals surface area contributed by atoms with Gasteiger partial charge >= 0.3 is 5.97 Å². The number of amides is 3. The summed E-state index contributed by atoms with van der Waals surface area (Å²) in [4.78, 5) is 48.8. The van der Waals surface area contributed by atoms with Gasteiger partial charge in [0.2, 0.25) is 17.7 Å². The van der Waals surface area contributed by atoms with Crippen molar-refractivity contribution in [1.82, 2.24) is 15.5 Å². The molecule has 3 amide bonds. The van der Waals surface area contributed by atoms with E-state index in [1.165, 1.54) is 11.8 Å². The van der Waals surface area contributed by atoms with Gasteiger partial charge in [-0.1, -0.05) is 0 Å². The van der Waals surface area contributed by atoms with E-state index in [2.05, 4.69) is 35.9 Å². The second-order valence-corrected chi connectivity index (χ2v) is 6.52. The van der Waals surface area contributed by atoms with E-state index in [4.69, 9.17) is 10.8 Å². The third-order valence-corrected chi connectivity index (χ3v) is 4.66. The van der Waals surface area contributed by atoms with Gasteiger partial charge in [-0.25, -0.2) is 4.79 Å². The molecule has 1 aliphatic rings. The van der Waals surface area contributed by atoms with Crippen LogP contribution in [0.1, 0.15) is 19.8 Å². The van der Waals surface area contributed by atoms with Crippen LogP contribution in [-0.2, 0) is 19.2 Å². The molecule has 11 heteroatoms. The third kappa shape index (κ3) is 5.79. The molecule has 0 aromatic rings. The van der Waals surface area contributed by atoms with Crippen LogP contribution in [0.3, 0.4) is 0 Å². The first kappa shape index (κ1) is 21.6. The van der Waals surface area contributed by atoms with Gasteiger partial charge in [-0.2, -0.15) is 25.3 Å². The van der Waals surface area contributed by atoms with Gasteiger partial charge < -0.3 is 26.4 Å². The van der Waals surface area contributed by atoms with Crippen molar-refractivity contribution in [2.45, 2.75) is 43.9 Å². The monoisotopic (exact) mass is 392 g/mol. The first-order valence-corrected chi connectivity index (χ1v) is 9.10. The van der Waals surface area contributed by atoms with E-state index in [1.54, 1.807) is 0 Å². The van der Waals surface area contributed by atoms with Gasteiger partial charge in [0.15, 0.2) is 0 Å². The zero-order valence-corrected chi connectivity index (χ0v) is 15.6. The van der Waals surface area contributed by atoms with Crippen molar-refractivity contribution in [3.05, 3.63) is 0 Å². The van der Waals surface area contributed by atoms with Gasteiger partial charge in [0.25, 0.3) is 0 Å². The van der Waals surface area contributed by atoms with Crippen LogP contribution in [0, 0.1) is 0 Å². The summed E-state index contributed by atoms with van der Waals surface area (Å²) in [7, 11) is 0. The number of likely N-dealkylation sites (tertiary alicyclic amines) is 1. The molecule has 9 nitrogen and oxygen atoms in total.